The van der Waals surface area contributed by atoms with Gasteiger partial charge in [-0.05, 0) is 19.4 Å². The largest absolute Gasteiger partial charge is 0.389 e. The van der Waals surface area contributed by atoms with Crippen LogP contribution in [0.5, 0.6) is 0 Å². The molecule has 2 aromatic rings. The second kappa shape index (κ2) is 7.52. The quantitative estimate of drug-likeness (QED) is 0.569. The van der Waals surface area contributed by atoms with Gasteiger partial charge in [0.25, 0.3) is 5.91 Å². The van der Waals surface area contributed by atoms with E-state index in [1.165, 1.54) is 6.08 Å². The van der Waals surface area contributed by atoms with Gasteiger partial charge >= 0.3 is 0 Å². The number of amides is 2. The number of nitrogens with one attached hydrogen (secondary N) is 3. The minimum Gasteiger partial charge on any atom is -0.389 e. The Morgan fingerprint density at radius 1 is 1.54 bits per heavy atom. The van der Waals surface area contributed by atoms with Gasteiger partial charge < -0.3 is 25.6 Å². The Bertz CT molecular complexity index is 833. The van der Waals surface area contributed by atoms with Crippen molar-refractivity contribution in [1.82, 2.24) is 25.2 Å². The molecule has 9 heteroatoms. The summed E-state index contributed by atoms with van der Waals surface area (Å²) < 4.78 is 0. The molecule has 2 aromatic heterocycles. The fourth-order valence-corrected chi connectivity index (χ4v) is 3.01. The van der Waals surface area contributed by atoms with Gasteiger partial charge in [-0.1, -0.05) is 6.58 Å². The molecule has 2 atom stereocenters. The molecule has 3 heterocycles. The second-order valence-corrected chi connectivity index (χ2v) is 6.11. The summed E-state index contributed by atoms with van der Waals surface area (Å²) in [5.41, 5.74) is 1.41. The fraction of sp³-hybridized carbons (Fsp3) is 0.412. The molecular weight excluding hydrogens is 336 g/mol. The van der Waals surface area contributed by atoms with Crippen LogP contribution in [-0.4, -0.2) is 68.6 Å². The Morgan fingerprint density at radius 2 is 2.35 bits per heavy atom. The first-order valence-electron chi connectivity index (χ1n) is 8.51. The number of H-pyrrole nitrogens is 1. The fourth-order valence-electron chi connectivity index (χ4n) is 3.01. The number of rotatable bonds is 5. The Hall–Kier alpha value is -2.94. The maximum absolute atomic E-state index is 12.1. The van der Waals surface area contributed by atoms with Crippen molar-refractivity contribution in [2.45, 2.75) is 25.5 Å². The molecule has 0 radical (unpaired) electrons. The summed E-state index contributed by atoms with van der Waals surface area (Å²) in [7, 11) is 0. The molecular formula is C17H22N6O3. The van der Waals surface area contributed by atoms with E-state index in [0.717, 1.165) is 0 Å². The number of nitrogens with zero attached hydrogens (tertiary/aromatic N) is 3. The van der Waals surface area contributed by atoms with E-state index in [9.17, 15) is 14.7 Å². The van der Waals surface area contributed by atoms with Gasteiger partial charge in [-0.15, -0.1) is 0 Å². The van der Waals surface area contributed by atoms with E-state index >= 15 is 0 Å². The molecule has 9 nitrogen and oxygen atoms in total. The van der Waals surface area contributed by atoms with E-state index in [0.29, 0.717) is 42.1 Å². The predicted molar refractivity (Wildman–Crippen MR) is 96.7 cm³/mol. The highest BCUT2D eigenvalue weighted by atomic mass is 16.3. The lowest BCUT2D eigenvalue weighted by Crippen LogP contribution is -2.51. The highest BCUT2D eigenvalue weighted by molar-refractivity contribution is 6.04. The number of fused-ring (bicyclic) bond motifs is 1. The van der Waals surface area contributed by atoms with Crippen molar-refractivity contribution in [3.63, 3.8) is 0 Å². The molecule has 0 unspecified atom stereocenters. The number of piperidine rings is 1. The van der Waals surface area contributed by atoms with Gasteiger partial charge in [0.15, 0.2) is 5.65 Å². The predicted octanol–water partition coefficient (Wildman–Crippen LogP) is 0.267. The van der Waals surface area contributed by atoms with Gasteiger partial charge in [-0.3, -0.25) is 9.59 Å². The SMILES string of the molecule is C=CC(=O)N1CC[C@H](Nc2cnc3[nH]cc(C(=O)NCC)c3n2)[C@@H](O)C1. The van der Waals surface area contributed by atoms with E-state index in [4.69, 9.17) is 0 Å². The Balaban J connectivity index is 1.75. The number of likely N-dealkylation sites (tertiary alicyclic amines) is 1. The van der Waals surface area contributed by atoms with E-state index in [1.54, 1.807) is 17.3 Å². The van der Waals surface area contributed by atoms with Crippen LogP contribution in [0.3, 0.4) is 0 Å². The summed E-state index contributed by atoms with van der Waals surface area (Å²) in [6.07, 6.45) is 4.20. The molecule has 0 aliphatic carbocycles. The smallest absolute Gasteiger partial charge is 0.255 e. The lowest BCUT2D eigenvalue weighted by Gasteiger charge is -2.35. The third kappa shape index (κ3) is 3.52. The van der Waals surface area contributed by atoms with Crippen LogP contribution in [0.1, 0.15) is 23.7 Å². The zero-order chi connectivity index (χ0) is 18.7. The van der Waals surface area contributed by atoms with Gasteiger partial charge in [-0.25, -0.2) is 9.97 Å². The van der Waals surface area contributed by atoms with Gasteiger partial charge in [0.2, 0.25) is 5.91 Å². The first-order valence-corrected chi connectivity index (χ1v) is 8.51. The molecule has 4 N–H and O–H groups in total. The van der Waals surface area contributed by atoms with E-state index < -0.39 is 6.10 Å². The highest BCUT2D eigenvalue weighted by Gasteiger charge is 2.29. The molecule has 1 fully saturated rings. The number of hydrogen-bond donors (Lipinski definition) is 4. The van der Waals surface area contributed by atoms with Crippen molar-refractivity contribution in [3.8, 4) is 0 Å². The maximum Gasteiger partial charge on any atom is 0.255 e. The molecule has 1 saturated heterocycles. The molecule has 3 rings (SSSR count). The molecule has 0 aromatic carbocycles. The highest BCUT2D eigenvalue weighted by Crippen LogP contribution is 2.19. The van der Waals surface area contributed by atoms with Crippen molar-refractivity contribution in [3.05, 3.63) is 30.6 Å². The number of carbonyl (C=O) groups is 2. The molecule has 26 heavy (non-hydrogen) atoms. The molecule has 0 spiro atoms. The van der Waals surface area contributed by atoms with E-state index in [1.807, 2.05) is 6.92 Å². The summed E-state index contributed by atoms with van der Waals surface area (Å²) in [5, 5.41) is 16.2. The average Bonchev–Trinajstić information content (AvgIpc) is 3.06. The van der Waals surface area contributed by atoms with E-state index in [2.05, 4.69) is 32.2 Å². The van der Waals surface area contributed by atoms with Crippen LogP contribution in [0.25, 0.3) is 11.2 Å². The average molecular weight is 358 g/mol. The number of anilines is 1. The number of aromatic nitrogens is 3. The Morgan fingerprint density at radius 3 is 3.04 bits per heavy atom. The van der Waals surface area contributed by atoms with Crippen molar-refractivity contribution in [2.75, 3.05) is 25.0 Å². The van der Waals surface area contributed by atoms with Crippen LogP contribution in [0.15, 0.2) is 25.0 Å². The molecule has 0 saturated carbocycles. The Kier molecular flexibility index (Phi) is 5.17. The molecule has 1 aliphatic rings. The number of aromatic amines is 1. The molecule has 0 bridgehead atoms. The second-order valence-electron chi connectivity index (χ2n) is 6.11. The Labute approximate surface area is 150 Å². The van der Waals surface area contributed by atoms with Crippen LogP contribution in [0.2, 0.25) is 0 Å². The number of hydrogen-bond acceptors (Lipinski definition) is 6. The lowest BCUT2D eigenvalue weighted by molar-refractivity contribution is -0.129. The molecule has 1 aliphatic heterocycles. The lowest BCUT2D eigenvalue weighted by atomic mass is 10.0. The minimum absolute atomic E-state index is 0.192. The number of β-amino-alcohol motifs (C(OH)–C–C–N with tert-alkyl or cyclic N) is 1. The van der Waals surface area contributed by atoms with Crippen LogP contribution < -0.4 is 10.6 Å². The monoisotopic (exact) mass is 358 g/mol. The molecule has 2 amide bonds. The van der Waals surface area contributed by atoms with Crippen molar-refractivity contribution in [2.24, 2.45) is 0 Å². The minimum atomic E-state index is -0.737. The summed E-state index contributed by atoms with van der Waals surface area (Å²) in [6, 6.07) is -0.262. The maximum atomic E-state index is 12.1. The topological polar surface area (TPSA) is 123 Å². The summed E-state index contributed by atoms with van der Waals surface area (Å²) in [4.78, 5) is 37.0. The first-order chi connectivity index (χ1) is 12.5. The number of aliphatic hydroxyl groups excluding tert-OH is 1. The van der Waals surface area contributed by atoms with Crippen LogP contribution in [-0.2, 0) is 4.79 Å². The normalized spacial score (nSPS) is 20.0. The van der Waals surface area contributed by atoms with Crippen molar-refractivity contribution < 1.29 is 14.7 Å². The summed E-state index contributed by atoms with van der Waals surface area (Å²) >= 11 is 0. The third-order valence-electron chi connectivity index (χ3n) is 4.36. The number of aliphatic hydroxyl groups is 1. The number of carbonyl (C=O) groups excluding carboxylic acids is 2. The zero-order valence-corrected chi connectivity index (χ0v) is 14.5. The van der Waals surface area contributed by atoms with Gasteiger partial charge in [0.05, 0.1) is 23.9 Å². The third-order valence-corrected chi connectivity index (χ3v) is 4.36. The van der Waals surface area contributed by atoms with Crippen LogP contribution in [0.4, 0.5) is 5.82 Å². The summed E-state index contributed by atoms with van der Waals surface area (Å²) in [5.74, 6) is 0.0549. The summed E-state index contributed by atoms with van der Waals surface area (Å²) in [6.45, 7) is 6.57. The van der Waals surface area contributed by atoms with Gasteiger partial charge in [0, 0.05) is 25.8 Å². The standard InChI is InChI=1S/C17H22N6O3/c1-3-14(25)23-6-5-11(12(24)9-23)21-13-8-20-16-15(22-13)10(7-19-16)17(26)18-4-2/h3,7-8,11-12,24H,1,4-6,9H2,2H3,(H,18,26)(H,19,20)(H,21,22)/t11-,12-/m0/s1. The van der Waals surface area contributed by atoms with Gasteiger partial charge in [0.1, 0.15) is 11.3 Å². The van der Waals surface area contributed by atoms with Crippen LogP contribution >= 0.6 is 0 Å². The van der Waals surface area contributed by atoms with Crippen LogP contribution in [0, 0.1) is 0 Å². The first kappa shape index (κ1) is 17.9. The molecule has 138 valence electrons. The zero-order valence-electron chi connectivity index (χ0n) is 14.5. The van der Waals surface area contributed by atoms with Gasteiger partial charge in [-0.2, -0.15) is 0 Å². The van der Waals surface area contributed by atoms with Crippen molar-refractivity contribution >= 4 is 28.8 Å². The van der Waals surface area contributed by atoms with E-state index in [-0.39, 0.29) is 24.4 Å². The van der Waals surface area contributed by atoms with Crippen molar-refractivity contribution in [1.29, 1.82) is 0 Å².